The highest BCUT2D eigenvalue weighted by Crippen LogP contribution is 2.68. The number of rotatable bonds is 12. The van der Waals surface area contributed by atoms with E-state index < -0.39 is 28.2 Å². The number of aliphatic hydroxyl groups excluding tert-OH is 1. The summed E-state index contributed by atoms with van der Waals surface area (Å²) in [5.74, 6) is -1.60. The Labute approximate surface area is 214 Å². The smallest absolute Gasteiger partial charge is 0.310 e. The first kappa shape index (κ1) is 27.8. The number of aliphatic hydroxyl groups is 1. The molecule has 35 heavy (non-hydrogen) atoms. The molecular weight excluding hydrogens is 464 g/mol. The second-order valence-corrected chi connectivity index (χ2v) is 12.6. The topological polar surface area (TPSA) is 87.2 Å². The highest BCUT2D eigenvalue weighted by molar-refractivity contribution is 8.02. The van der Waals surface area contributed by atoms with E-state index in [1.54, 1.807) is 27.6 Å². The number of esters is 1. The van der Waals surface area contributed by atoms with E-state index in [0.29, 0.717) is 19.6 Å². The molecule has 3 rings (SSSR count). The Bertz CT molecular complexity index is 840. The average molecular weight is 507 g/mol. The molecule has 7 nitrogen and oxygen atoms in total. The van der Waals surface area contributed by atoms with Crippen LogP contribution in [0.2, 0.25) is 0 Å². The second kappa shape index (κ2) is 11.1. The van der Waals surface area contributed by atoms with E-state index in [-0.39, 0.29) is 42.1 Å². The number of fused-ring (bicyclic) bond motifs is 1. The van der Waals surface area contributed by atoms with Crippen molar-refractivity contribution in [2.45, 2.75) is 81.4 Å². The van der Waals surface area contributed by atoms with Crippen molar-refractivity contribution in [3.8, 4) is 0 Å². The molecule has 2 bridgehead atoms. The quantitative estimate of drug-likeness (QED) is 0.248. The van der Waals surface area contributed by atoms with E-state index in [1.807, 2.05) is 26.8 Å². The molecular formula is C27H42N2O5S. The fraction of sp³-hybridized carbons (Fsp3) is 0.741. The van der Waals surface area contributed by atoms with Gasteiger partial charge in [0.2, 0.25) is 11.8 Å². The Hall–Kier alpha value is -1.80. The highest BCUT2D eigenvalue weighted by atomic mass is 32.2. The number of carbonyl (C=O) groups is 3. The summed E-state index contributed by atoms with van der Waals surface area (Å²) in [4.78, 5) is 44.8. The minimum Gasteiger partial charge on any atom is -0.465 e. The lowest BCUT2D eigenvalue weighted by Crippen LogP contribution is -2.60. The van der Waals surface area contributed by atoms with Crippen LogP contribution in [0.1, 0.15) is 59.8 Å². The van der Waals surface area contributed by atoms with Gasteiger partial charge in [0.25, 0.3) is 0 Å². The Morgan fingerprint density at radius 3 is 2.57 bits per heavy atom. The molecule has 1 N–H and O–H groups in total. The minimum atomic E-state index is -0.680. The fourth-order valence-electron chi connectivity index (χ4n) is 6.18. The molecule has 3 unspecified atom stereocenters. The lowest BCUT2D eigenvalue weighted by atomic mass is 9.66. The number of thioether (sulfide) groups is 1. The van der Waals surface area contributed by atoms with Gasteiger partial charge in [-0.3, -0.25) is 14.4 Å². The zero-order valence-corrected chi connectivity index (χ0v) is 22.5. The zero-order valence-electron chi connectivity index (χ0n) is 21.7. The van der Waals surface area contributed by atoms with Crippen LogP contribution < -0.4 is 0 Å². The third-order valence-electron chi connectivity index (χ3n) is 7.74. The molecule has 196 valence electrons. The van der Waals surface area contributed by atoms with Crippen molar-refractivity contribution in [3.63, 3.8) is 0 Å². The summed E-state index contributed by atoms with van der Waals surface area (Å²) in [6.07, 6.45) is 7.26. The summed E-state index contributed by atoms with van der Waals surface area (Å²) in [5, 5.41) is 9.48. The van der Waals surface area contributed by atoms with E-state index >= 15 is 0 Å². The molecule has 0 aromatic rings. The molecule has 0 radical (unpaired) electrons. The summed E-state index contributed by atoms with van der Waals surface area (Å²) >= 11 is 1.65. The van der Waals surface area contributed by atoms with Crippen molar-refractivity contribution in [2.75, 3.05) is 26.3 Å². The van der Waals surface area contributed by atoms with Gasteiger partial charge in [-0.2, -0.15) is 0 Å². The predicted molar refractivity (Wildman–Crippen MR) is 139 cm³/mol. The first-order valence-electron chi connectivity index (χ1n) is 12.8. The Kier molecular flexibility index (Phi) is 8.79. The normalized spacial score (nSPS) is 31.4. The lowest BCUT2D eigenvalue weighted by Gasteiger charge is -2.44. The van der Waals surface area contributed by atoms with Crippen molar-refractivity contribution in [3.05, 3.63) is 25.3 Å². The van der Waals surface area contributed by atoms with Gasteiger partial charge in [0.15, 0.2) is 0 Å². The van der Waals surface area contributed by atoms with Crippen molar-refractivity contribution >= 4 is 29.5 Å². The molecule has 3 heterocycles. The molecule has 8 heteroatoms. The van der Waals surface area contributed by atoms with E-state index in [4.69, 9.17) is 4.74 Å². The number of allylic oxidation sites excluding steroid dienone is 1. The number of hydrogen-bond donors (Lipinski definition) is 1. The molecule has 2 amide bonds. The molecule has 1 spiro atoms. The maximum Gasteiger partial charge on any atom is 0.310 e. The van der Waals surface area contributed by atoms with Crippen LogP contribution in [-0.4, -0.2) is 80.6 Å². The Balaban J connectivity index is 1.95. The maximum absolute atomic E-state index is 14.2. The maximum atomic E-state index is 14.2. The van der Waals surface area contributed by atoms with Crippen LogP contribution in [0, 0.1) is 17.8 Å². The third-order valence-corrected chi connectivity index (χ3v) is 9.82. The van der Waals surface area contributed by atoms with Crippen molar-refractivity contribution < 1.29 is 24.2 Å². The van der Waals surface area contributed by atoms with E-state index in [0.717, 1.165) is 25.7 Å². The monoisotopic (exact) mass is 506 g/mol. The molecule has 3 saturated heterocycles. The van der Waals surface area contributed by atoms with Crippen molar-refractivity contribution in [1.82, 2.24) is 9.80 Å². The number of likely N-dealkylation sites (tertiary alicyclic amines) is 1. The van der Waals surface area contributed by atoms with Crippen LogP contribution >= 0.6 is 11.8 Å². The van der Waals surface area contributed by atoms with E-state index in [2.05, 4.69) is 20.1 Å². The molecule has 3 fully saturated rings. The summed E-state index contributed by atoms with van der Waals surface area (Å²) in [6, 6.07) is -0.680. The number of ether oxygens (including phenoxy) is 1. The standard InChI is InChI=1S/C27H42N2O5S/c1-7-9-10-11-16-34-25(33)20-19-17-18(3)27(35-19)21(20)23(31)28(14-12-15-30)22(27)24(32)29(13-8-2)26(4,5)6/h7-8,18-22,30H,1-2,9-17H2,3-6H3/t18?,19-,20+,21-,22?,27?/m0/s1. The van der Waals surface area contributed by atoms with Gasteiger partial charge >= 0.3 is 5.97 Å². The van der Waals surface area contributed by atoms with Gasteiger partial charge in [-0.05, 0) is 58.8 Å². The molecule has 0 aromatic heterocycles. The number of unbranched alkanes of at least 4 members (excludes halogenated alkanes) is 2. The average Bonchev–Trinajstić information content (AvgIpc) is 3.38. The SMILES string of the molecule is C=CCCCCOC(=O)[C@@H]1[C@@H]2CC(C)C3(S2)C(C(=O)N(CC=C)C(C)(C)C)N(CCCO)C(=O)[C@H]13. The predicted octanol–water partition coefficient (Wildman–Crippen LogP) is 3.42. The summed E-state index contributed by atoms with van der Waals surface area (Å²) < 4.78 is 4.98. The first-order chi connectivity index (χ1) is 16.6. The van der Waals surface area contributed by atoms with Crippen LogP contribution in [0.5, 0.6) is 0 Å². The van der Waals surface area contributed by atoms with Gasteiger partial charge in [0.05, 0.1) is 23.2 Å². The van der Waals surface area contributed by atoms with Crippen LogP contribution in [0.4, 0.5) is 0 Å². The summed E-state index contributed by atoms with van der Waals surface area (Å²) in [6.45, 7) is 16.5. The molecule has 3 aliphatic rings. The molecule has 3 aliphatic heterocycles. The van der Waals surface area contributed by atoms with Crippen LogP contribution in [0.3, 0.4) is 0 Å². The largest absolute Gasteiger partial charge is 0.465 e. The summed E-state index contributed by atoms with van der Waals surface area (Å²) in [7, 11) is 0. The van der Waals surface area contributed by atoms with E-state index in [9.17, 15) is 19.5 Å². The van der Waals surface area contributed by atoms with Crippen molar-refractivity contribution in [2.24, 2.45) is 17.8 Å². The summed E-state index contributed by atoms with van der Waals surface area (Å²) in [5.41, 5.74) is -0.458. The van der Waals surface area contributed by atoms with Gasteiger partial charge in [0, 0.05) is 30.5 Å². The zero-order chi connectivity index (χ0) is 26.0. The van der Waals surface area contributed by atoms with Gasteiger partial charge in [0.1, 0.15) is 6.04 Å². The van der Waals surface area contributed by atoms with Crippen molar-refractivity contribution in [1.29, 1.82) is 0 Å². The number of carbonyl (C=O) groups excluding carboxylic acids is 3. The van der Waals surface area contributed by atoms with Gasteiger partial charge in [-0.25, -0.2) is 0 Å². The molecule has 0 saturated carbocycles. The molecule has 6 atom stereocenters. The fourth-order valence-corrected chi connectivity index (χ4v) is 8.58. The van der Waals surface area contributed by atoms with Crippen LogP contribution in [0.15, 0.2) is 25.3 Å². The van der Waals surface area contributed by atoms with Gasteiger partial charge in [-0.1, -0.05) is 19.1 Å². The van der Waals surface area contributed by atoms with E-state index in [1.165, 1.54) is 0 Å². The molecule has 0 aromatic carbocycles. The molecule has 0 aliphatic carbocycles. The minimum absolute atomic E-state index is 0.0302. The highest BCUT2D eigenvalue weighted by Gasteiger charge is 2.76. The Morgan fingerprint density at radius 2 is 1.97 bits per heavy atom. The number of nitrogens with zero attached hydrogens (tertiary/aromatic N) is 2. The third kappa shape index (κ3) is 4.93. The lowest BCUT2D eigenvalue weighted by molar-refractivity contribution is -0.154. The van der Waals surface area contributed by atoms with Gasteiger partial charge < -0.3 is 19.6 Å². The first-order valence-corrected chi connectivity index (χ1v) is 13.7. The van der Waals surface area contributed by atoms with Crippen LogP contribution in [0.25, 0.3) is 0 Å². The van der Waals surface area contributed by atoms with Gasteiger partial charge in [-0.15, -0.1) is 24.9 Å². The second-order valence-electron chi connectivity index (χ2n) is 11.0. The Morgan fingerprint density at radius 1 is 1.26 bits per heavy atom. The number of amides is 2. The van der Waals surface area contributed by atoms with Crippen LogP contribution in [-0.2, 0) is 19.1 Å². The number of hydrogen-bond acceptors (Lipinski definition) is 6.